The number of rotatable bonds is 2. The molecule has 5 heterocycles. The molecule has 1 N–H and O–H groups in total. The third kappa shape index (κ3) is 5.24. The Morgan fingerprint density at radius 1 is 1.00 bits per heavy atom. The van der Waals surface area contributed by atoms with Gasteiger partial charge in [-0.15, -0.1) is 10.2 Å². The minimum absolute atomic E-state index is 0.0348. The molecule has 2 aliphatic rings. The van der Waals surface area contributed by atoms with E-state index in [2.05, 4.69) is 20.4 Å². The molecule has 9 nitrogen and oxygen atoms in total. The van der Waals surface area contributed by atoms with Crippen molar-refractivity contribution < 1.29 is 9.59 Å². The predicted octanol–water partition coefficient (Wildman–Crippen LogP) is 2.72. The predicted molar refractivity (Wildman–Crippen MR) is 134 cm³/mol. The first-order valence-electron chi connectivity index (χ1n) is 12.9. The molecular formula is C26H35N7O2. The van der Waals surface area contributed by atoms with Crippen molar-refractivity contribution in [2.45, 2.75) is 51.0 Å². The van der Waals surface area contributed by atoms with Crippen molar-refractivity contribution in [1.29, 1.82) is 0 Å². The largest absolute Gasteiger partial charge is 0.356 e. The molecule has 9 heteroatoms. The van der Waals surface area contributed by atoms with Gasteiger partial charge in [0, 0.05) is 58.1 Å². The second-order valence-electron chi connectivity index (χ2n) is 9.77. The molecule has 186 valence electrons. The van der Waals surface area contributed by atoms with Crippen molar-refractivity contribution in [2.75, 3.05) is 32.7 Å². The topological polar surface area (TPSA) is 87.8 Å². The highest BCUT2D eigenvalue weighted by Gasteiger charge is 2.25. The number of piperidine rings is 1. The van der Waals surface area contributed by atoms with E-state index in [9.17, 15) is 9.59 Å². The average molecular weight is 478 g/mol. The van der Waals surface area contributed by atoms with E-state index in [-0.39, 0.29) is 11.8 Å². The molecule has 0 aromatic carbocycles. The third-order valence-corrected chi connectivity index (χ3v) is 7.33. The second kappa shape index (κ2) is 10.6. The number of amides is 2. The van der Waals surface area contributed by atoms with Crippen molar-refractivity contribution in [3.8, 4) is 11.5 Å². The molecular weight excluding hydrogens is 442 g/mol. The summed E-state index contributed by atoms with van der Waals surface area (Å²) in [5.41, 5.74) is 2.30. The van der Waals surface area contributed by atoms with Crippen molar-refractivity contribution in [1.82, 2.24) is 34.3 Å². The van der Waals surface area contributed by atoms with Gasteiger partial charge in [0.05, 0.1) is 11.3 Å². The summed E-state index contributed by atoms with van der Waals surface area (Å²) in [6, 6.07) is 8.00. The summed E-state index contributed by atoms with van der Waals surface area (Å²) in [4.78, 5) is 30.5. The van der Waals surface area contributed by atoms with E-state index in [0.29, 0.717) is 37.7 Å². The van der Waals surface area contributed by atoms with Gasteiger partial charge in [-0.2, -0.15) is 0 Å². The SMILES string of the molecule is Cn1cccc1-c1nnc2ccc(C(=O)N3CCCCNC(=O)CC4CCCCN4CCC3)cn12. The van der Waals surface area contributed by atoms with Crippen LogP contribution in [0.3, 0.4) is 0 Å². The van der Waals surface area contributed by atoms with Crippen LogP contribution in [0.2, 0.25) is 0 Å². The minimum atomic E-state index is 0.0348. The van der Waals surface area contributed by atoms with Gasteiger partial charge >= 0.3 is 0 Å². The molecule has 2 fully saturated rings. The van der Waals surface area contributed by atoms with Crippen LogP contribution in [-0.2, 0) is 11.8 Å². The lowest BCUT2D eigenvalue weighted by Crippen LogP contribution is -2.44. The lowest BCUT2D eigenvalue weighted by Gasteiger charge is -2.35. The highest BCUT2D eigenvalue weighted by molar-refractivity contribution is 5.94. The van der Waals surface area contributed by atoms with Crippen LogP contribution in [-0.4, -0.2) is 79.5 Å². The smallest absolute Gasteiger partial charge is 0.255 e. The lowest BCUT2D eigenvalue weighted by atomic mass is 9.98. The summed E-state index contributed by atoms with van der Waals surface area (Å²) in [5, 5.41) is 11.7. The van der Waals surface area contributed by atoms with Crippen molar-refractivity contribution in [3.05, 3.63) is 42.2 Å². The number of hydrogen-bond donors (Lipinski definition) is 1. The molecule has 3 aromatic heterocycles. The highest BCUT2D eigenvalue weighted by Crippen LogP contribution is 2.22. The van der Waals surface area contributed by atoms with Crippen molar-refractivity contribution >= 4 is 17.5 Å². The molecule has 35 heavy (non-hydrogen) atoms. The summed E-state index contributed by atoms with van der Waals surface area (Å²) < 4.78 is 3.90. The summed E-state index contributed by atoms with van der Waals surface area (Å²) >= 11 is 0. The number of carbonyl (C=O) groups is 2. The van der Waals surface area contributed by atoms with Crippen molar-refractivity contribution in [2.24, 2.45) is 7.05 Å². The quantitative estimate of drug-likeness (QED) is 0.613. The lowest BCUT2D eigenvalue weighted by molar-refractivity contribution is -0.122. The number of nitrogens with one attached hydrogen (secondary N) is 1. The molecule has 2 amide bonds. The molecule has 0 radical (unpaired) electrons. The van der Waals surface area contributed by atoms with Gasteiger partial charge in [0.15, 0.2) is 11.5 Å². The average Bonchev–Trinajstić information content (AvgIpc) is 3.48. The molecule has 2 saturated heterocycles. The fraction of sp³-hybridized carbons (Fsp3) is 0.538. The fourth-order valence-electron chi connectivity index (χ4n) is 5.37. The van der Waals surface area contributed by atoms with E-state index in [0.717, 1.165) is 55.9 Å². The zero-order chi connectivity index (χ0) is 24.2. The standard InChI is InChI=1S/C26H35N7O2/c1-30-13-6-9-22(30)25-29-28-23-11-10-20(19-33(23)25)26(35)32-15-5-3-12-27-24(34)18-21-8-2-4-14-31(21)16-7-17-32/h6,9-11,13,19,21H,2-5,7-8,12,14-18H2,1H3,(H,27,34). The Morgan fingerprint density at radius 3 is 2.69 bits per heavy atom. The third-order valence-electron chi connectivity index (χ3n) is 7.33. The van der Waals surface area contributed by atoms with Crippen LogP contribution < -0.4 is 5.32 Å². The van der Waals surface area contributed by atoms with Gasteiger partial charge in [-0.05, 0) is 62.9 Å². The molecule has 0 spiro atoms. The van der Waals surface area contributed by atoms with E-state index in [1.165, 1.54) is 12.8 Å². The molecule has 1 atom stereocenters. The maximum absolute atomic E-state index is 13.6. The van der Waals surface area contributed by atoms with Crippen LogP contribution in [0.25, 0.3) is 17.2 Å². The van der Waals surface area contributed by atoms with E-state index in [1.807, 2.05) is 57.6 Å². The van der Waals surface area contributed by atoms with Gasteiger partial charge in [0.1, 0.15) is 0 Å². The van der Waals surface area contributed by atoms with Gasteiger partial charge in [-0.1, -0.05) is 6.42 Å². The molecule has 0 aliphatic carbocycles. The number of carbonyl (C=O) groups excluding carboxylic acids is 2. The Hall–Kier alpha value is -3.20. The van der Waals surface area contributed by atoms with Gasteiger partial charge < -0.3 is 14.8 Å². The van der Waals surface area contributed by atoms with Crippen LogP contribution in [0.4, 0.5) is 0 Å². The number of aromatic nitrogens is 4. The van der Waals surface area contributed by atoms with Crippen molar-refractivity contribution in [3.63, 3.8) is 0 Å². The van der Waals surface area contributed by atoms with E-state index in [4.69, 9.17) is 0 Å². The zero-order valence-corrected chi connectivity index (χ0v) is 20.5. The Morgan fingerprint density at radius 2 is 1.83 bits per heavy atom. The Kier molecular flexibility index (Phi) is 7.13. The zero-order valence-electron chi connectivity index (χ0n) is 20.5. The molecule has 3 aromatic rings. The number of hydrogen-bond acceptors (Lipinski definition) is 5. The number of nitrogens with zero attached hydrogens (tertiary/aromatic N) is 6. The molecule has 1 unspecified atom stereocenters. The second-order valence-corrected chi connectivity index (χ2v) is 9.77. The first kappa shape index (κ1) is 23.5. The van der Waals surface area contributed by atoms with Crippen LogP contribution in [0.1, 0.15) is 55.3 Å². The first-order valence-corrected chi connectivity index (χ1v) is 12.9. The number of aryl methyl sites for hydroxylation is 1. The normalized spacial score (nSPS) is 21.0. The maximum Gasteiger partial charge on any atom is 0.255 e. The Balaban J connectivity index is 1.35. The van der Waals surface area contributed by atoms with Crippen LogP contribution >= 0.6 is 0 Å². The van der Waals surface area contributed by atoms with Crippen LogP contribution in [0, 0.1) is 0 Å². The number of fused-ring (bicyclic) bond motifs is 2. The Bertz CT molecular complexity index is 1180. The molecule has 5 rings (SSSR count). The van der Waals surface area contributed by atoms with Crippen LogP contribution in [0.5, 0.6) is 0 Å². The monoisotopic (exact) mass is 477 g/mol. The fourth-order valence-corrected chi connectivity index (χ4v) is 5.37. The van der Waals surface area contributed by atoms with E-state index >= 15 is 0 Å². The summed E-state index contributed by atoms with van der Waals surface area (Å²) in [6.07, 6.45) is 10.5. The Labute approximate surface area is 206 Å². The van der Waals surface area contributed by atoms with Gasteiger partial charge in [-0.25, -0.2) is 0 Å². The van der Waals surface area contributed by atoms with Gasteiger partial charge in [-0.3, -0.25) is 18.9 Å². The summed E-state index contributed by atoms with van der Waals surface area (Å²) in [6.45, 7) is 4.03. The summed E-state index contributed by atoms with van der Waals surface area (Å²) in [7, 11) is 1.97. The minimum Gasteiger partial charge on any atom is -0.356 e. The van der Waals surface area contributed by atoms with E-state index < -0.39 is 0 Å². The number of pyridine rings is 1. The molecule has 0 bridgehead atoms. The summed E-state index contributed by atoms with van der Waals surface area (Å²) in [5.74, 6) is 0.914. The van der Waals surface area contributed by atoms with Gasteiger partial charge in [0.2, 0.25) is 5.91 Å². The van der Waals surface area contributed by atoms with Gasteiger partial charge in [0.25, 0.3) is 5.91 Å². The van der Waals surface area contributed by atoms with Crippen LogP contribution in [0.15, 0.2) is 36.7 Å². The molecule has 2 aliphatic heterocycles. The molecule has 0 saturated carbocycles. The first-order chi connectivity index (χ1) is 17.1. The maximum atomic E-state index is 13.6. The van der Waals surface area contributed by atoms with E-state index in [1.54, 1.807) is 0 Å². The highest BCUT2D eigenvalue weighted by atomic mass is 16.2.